The first-order valence-corrected chi connectivity index (χ1v) is 11.5. The highest BCUT2D eigenvalue weighted by Gasteiger charge is 2.32. The predicted molar refractivity (Wildman–Crippen MR) is 117 cm³/mol. The number of sulfonamides is 1. The van der Waals surface area contributed by atoms with Crippen molar-refractivity contribution in [3.63, 3.8) is 0 Å². The molecule has 1 amide bonds. The third kappa shape index (κ3) is 7.61. The SMILES string of the molecule is C#Cc1cc(CNC(=O)/C=C/c2ccc(C(F)(F)F)nc2CCC)cc(F)c1NS(C)(=O)=O. The highest BCUT2D eigenvalue weighted by molar-refractivity contribution is 7.92. The van der Waals surface area contributed by atoms with Gasteiger partial charge in [-0.05, 0) is 41.8 Å². The lowest BCUT2D eigenvalue weighted by molar-refractivity contribution is -0.141. The summed E-state index contributed by atoms with van der Waals surface area (Å²) in [5, 5.41) is 2.50. The van der Waals surface area contributed by atoms with Crippen LogP contribution in [0.4, 0.5) is 23.2 Å². The fraction of sp³-hybridized carbons (Fsp3) is 0.273. The van der Waals surface area contributed by atoms with Crippen LogP contribution in [0.15, 0.2) is 30.3 Å². The zero-order valence-electron chi connectivity index (χ0n) is 17.8. The molecule has 0 saturated heterocycles. The van der Waals surface area contributed by atoms with Crippen LogP contribution in [0.2, 0.25) is 0 Å². The van der Waals surface area contributed by atoms with Gasteiger partial charge in [0, 0.05) is 18.3 Å². The first-order chi connectivity index (χ1) is 15.3. The van der Waals surface area contributed by atoms with E-state index in [1.807, 2.05) is 4.72 Å². The van der Waals surface area contributed by atoms with Crippen LogP contribution in [0.1, 0.15) is 41.4 Å². The molecule has 1 aromatic carbocycles. The molecule has 0 unspecified atom stereocenters. The molecule has 0 radical (unpaired) electrons. The van der Waals surface area contributed by atoms with Gasteiger partial charge in [-0.15, -0.1) is 6.42 Å². The number of aromatic nitrogens is 1. The molecule has 0 spiro atoms. The Bertz CT molecular complexity index is 1220. The molecule has 11 heteroatoms. The zero-order chi connectivity index (χ0) is 24.8. The summed E-state index contributed by atoms with van der Waals surface area (Å²) in [6, 6.07) is 4.46. The predicted octanol–water partition coefficient (Wildman–Crippen LogP) is 3.87. The van der Waals surface area contributed by atoms with E-state index in [2.05, 4.69) is 16.2 Å². The molecule has 176 valence electrons. The average Bonchev–Trinajstić information content (AvgIpc) is 2.71. The van der Waals surface area contributed by atoms with Crippen molar-refractivity contribution in [3.05, 3.63) is 64.2 Å². The molecule has 0 saturated carbocycles. The maximum absolute atomic E-state index is 14.3. The molecular weight excluding hydrogens is 462 g/mol. The number of anilines is 1. The molecule has 6 nitrogen and oxygen atoms in total. The summed E-state index contributed by atoms with van der Waals surface area (Å²) in [5.41, 5.74) is -0.548. The number of carbonyl (C=O) groups excluding carboxylic acids is 1. The number of rotatable bonds is 8. The number of nitrogens with one attached hydrogen (secondary N) is 2. The van der Waals surface area contributed by atoms with Gasteiger partial charge in [0.1, 0.15) is 11.5 Å². The fourth-order valence-electron chi connectivity index (χ4n) is 2.84. The van der Waals surface area contributed by atoms with Crippen LogP contribution in [0.5, 0.6) is 0 Å². The van der Waals surface area contributed by atoms with E-state index in [-0.39, 0.29) is 29.1 Å². The Balaban J connectivity index is 2.15. The van der Waals surface area contributed by atoms with Crippen molar-refractivity contribution < 1.29 is 30.8 Å². The van der Waals surface area contributed by atoms with Crippen molar-refractivity contribution in [2.24, 2.45) is 0 Å². The minimum Gasteiger partial charge on any atom is -0.348 e. The quantitative estimate of drug-likeness (QED) is 0.339. The Kier molecular flexibility index (Phi) is 8.22. The highest BCUT2D eigenvalue weighted by atomic mass is 32.2. The molecule has 2 aromatic rings. The van der Waals surface area contributed by atoms with Crippen LogP contribution in [0.25, 0.3) is 6.08 Å². The molecule has 0 fully saturated rings. The Hall–Kier alpha value is -3.39. The highest BCUT2D eigenvalue weighted by Crippen LogP contribution is 2.29. The number of nitrogens with zero attached hydrogens (tertiary/aromatic N) is 1. The van der Waals surface area contributed by atoms with Gasteiger partial charge in [-0.1, -0.05) is 25.3 Å². The first kappa shape index (κ1) is 25.9. The van der Waals surface area contributed by atoms with Crippen LogP contribution in [0, 0.1) is 18.2 Å². The number of hydrogen-bond acceptors (Lipinski definition) is 4. The Morgan fingerprint density at radius 1 is 1.27 bits per heavy atom. The lowest BCUT2D eigenvalue weighted by Crippen LogP contribution is -2.21. The lowest BCUT2D eigenvalue weighted by atomic mass is 10.1. The van der Waals surface area contributed by atoms with Crippen LogP contribution in [0.3, 0.4) is 0 Å². The number of alkyl halides is 3. The summed E-state index contributed by atoms with van der Waals surface area (Å²) < 4.78 is 77.7. The van der Waals surface area contributed by atoms with E-state index in [0.29, 0.717) is 18.4 Å². The molecule has 0 bridgehead atoms. The monoisotopic (exact) mass is 483 g/mol. The first-order valence-electron chi connectivity index (χ1n) is 9.64. The summed E-state index contributed by atoms with van der Waals surface area (Å²) >= 11 is 0. The number of aryl methyl sites for hydroxylation is 1. The summed E-state index contributed by atoms with van der Waals surface area (Å²) in [4.78, 5) is 15.8. The van der Waals surface area contributed by atoms with Gasteiger partial charge in [0.05, 0.1) is 17.5 Å². The standard InChI is InChI=1S/C22H21F4N3O3S/c1-4-6-18-16(7-9-19(28-18)22(24,25)26)8-10-20(30)27-13-14-11-15(5-2)21(17(23)12-14)29-33(3,31)32/h2,7-12,29H,4,6,13H2,1,3H3,(H,27,30)/b10-8+. The van der Waals surface area contributed by atoms with Crippen molar-refractivity contribution in [1.82, 2.24) is 10.3 Å². The van der Waals surface area contributed by atoms with Crippen molar-refractivity contribution in [2.75, 3.05) is 11.0 Å². The van der Waals surface area contributed by atoms with E-state index in [4.69, 9.17) is 6.42 Å². The van der Waals surface area contributed by atoms with Crippen molar-refractivity contribution in [2.45, 2.75) is 32.5 Å². The van der Waals surface area contributed by atoms with Gasteiger partial charge < -0.3 is 5.32 Å². The third-order valence-electron chi connectivity index (χ3n) is 4.26. The Labute approximate surface area is 189 Å². The topological polar surface area (TPSA) is 88.2 Å². The van der Waals surface area contributed by atoms with Crippen LogP contribution >= 0.6 is 0 Å². The van der Waals surface area contributed by atoms with Crippen molar-refractivity contribution in [1.29, 1.82) is 0 Å². The van der Waals surface area contributed by atoms with Gasteiger partial charge in [0.2, 0.25) is 15.9 Å². The second-order valence-corrected chi connectivity index (χ2v) is 8.80. The van der Waals surface area contributed by atoms with E-state index in [1.165, 1.54) is 18.2 Å². The number of pyridine rings is 1. The van der Waals surface area contributed by atoms with Gasteiger partial charge in [-0.3, -0.25) is 9.52 Å². The van der Waals surface area contributed by atoms with E-state index in [1.54, 1.807) is 6.92 Å². The molecule has 0 aliphatic heterocycles. The van der Waals surface area contributed by atoms with Gasteiger partial charge >= 0.3 is 6.18 Å². The summed E-state index contributed by atoms with van der Waals surface area (Å²) in [7, 11) is -3.76. The molecule has 0 aliphatic carbocycles. The number of terminal acetylenes is 1. The summed E-state index contributed by atoms with van der Waals surface area (Å²) in [6.45, 7) is 1.67. The largest absolute Gasteiger partial charge is 0.433 e. The van der Waals surface area contributed by atoms with Gasteiger partial charge in [-0.2, -0.15) is 13.2 Å². The number of benzene rings is 1. The third-order valence-corrected chi connectivity index (χ3v) is 4.84. The van der Waals surface area contributed by atoms with E-state index in [9.17, 15) is 30.8 Å². The Morgan fingerprint density at radius 3 is 2.55 bits per heavy atom. The van der Waals surface area contributed by atoms with Crippen LogP contribution in [-0.4, -0.2) is 25.6 Å². The van der Waals surface area contributed by atoms with Crippen molar-refractivity contribution >= 4 is 27.7 Å². The lowest BCUT2D eigenvalue weighted by Gasteiger charge is -2.11. The maximum Gasteiger partial charge on any atom is 0.433 e. The van der Waals surface area contributed by atoms with Gasteiger partial charge in [0.15, 0.2) is 0 Å². The molecule has 2 rings (SSSR count). The fourth-order valence-corrected chi connectivity index (χ4v) is 3.42. The molecule has 1 heterocycles. The molecule has 1 aromatic heterocycles. The minimum atomic E-state index is -4.57. The van der Waals surface area contributed by atoms with Crippen molar-refractivity contribution in [3.8, 4) is 12.3 Å². The van der Waals surface area contributed by atoms with Gasteiger partial charge in [-0.25, -0.2) is 17.8 Å². The van der Waals surface area contributed by atoms with E-state index >= 15 is 0 Å². The normalized spacial score (nSPS) is 11.9. The second kappa shape index (κ2) is 10.5. The van der Waals surface area contributed by atoms with Crippen LogP contribution < -0.4 is 10.0 Å². The number of halogens is 4. The zero-order valence-corrected chi connectivity index (χ0v) is 18.6. The summed E-state index contributed by atoms with van der Waals surface area (Å²) in [5.74, 6) is 0.695. The molecular formula is C22H21F4N3O3S. The van der Waals surface area contributed by atoms with Gasteiger partial charge in [0.25, 0.3) is 0 Å². The minimum absolute atomic E-state index is 0.0414. The average molecular weight is 483 g/mol. The van der Waals surface area contributed by atoms with E-state index in [0.717, 1.165) is 24.5 Å². The van der Waals surface area contributed by atoms with E-state index < -0.39 is 33.6 Å². The number of carbonyl (C=O) groups is 1. The maximum atomic E-state index is 14.3. The molecule has 2 N–H and O–H groups in total. The number of amides is 1. The molecule has 0 atom stereocenters. The molecule has 33 heavy (non-hydrogen) atoms. The molecule has 0 aliphatic rings. The number of hydrogen-bond donors (Lipinski definition) is 2. The van der Waals surface area contributed by atoms with Crippen LogP contribution in [-0.2, 0) is 34.0 Å². The Morgan fingerprint density at radius 2 is 1.97 bits per heavy atom. The smallest absolute Gasteiger partial charge is 0.348 e. The second-order valence-electron chi connectivity index (χ2n) is 7.05. The summed E-state index contributed by atoms with van der Waals surface area (Å²) in [6.07, 6.45) is 4.95.